The summed E-state index contributed by atoms with van der Waals surface area (Å²) in [5, 5.41) is 3.54. The Morgan fingerprint density at radius 3 is 2.04 bits per heavy atom. The second-order valence-corrected chi connectivity index (χ2v) is 11.0. The van der Waals surface area contributed by atoms with Crippen LogP contribution in [0.15, 0.2) is 60.7 Å². The van der Waals surface area contributed by atoms with Gasteiger partial charge in [0.1, 0.15) is 0 Å². The zero-order valence-corrected chi connectivity index (χ0v) is 15.2. The summed E-state index contributed by atoms with van der Waals surface area (Å²) in [5.41, 5.74) is 3.11. The molecular weight excluding hydrogens is 298 g/mol. The molecule has 23 heavy (non-hydrogen) atoms. The molecular formula is C20H27NOSi. The first-order chi connectivity index (χ1) is 11.2. The van der Waals surface area contributed by atoms with Gasteiger partial charge in [-0.15, -0.1) is 0 Å². The van der Waals surface area contributed by atoms with Gasteiger partial charge in [0.2, 0.25) is 0 Å². The summed E-state index contributed by atoms with van der Waals surface area (Å²) < 4.78 is 6.56. The highest BCUT2D eigenvalue weighted by Crippen LogP contribution is 2.34. The van der Waals surface area contributed by atoms with Crippen LogP contribution in [0.5, 0.6) is 0 Å². The Bertz CT molecular complexity index is 554. The Morgan fingerprint density at radius 2 is 1.57 bits per heavy atom. The highest BCUT2D eigenvalue weighted by Gasteiger charge is 2.36. The SMILES string of the molecule is C[Si](C)(OCC1CCCN1)C(c1ccccc1)c1ccccc1. The fourth-order valence-electron chi connectivity index (χ4n) is 3.58. The van der Waals surface area contributed by atoms with Gasteiger partial charge in [-0.2, -0.15) is 0 Å². The lowest BCUT2D eigenvalue weighted by molar-refractivity contribution is 0.264. The van der Waals surface area contributed by atoms with Crippen LogP contribution in [0.4, 0.5) is 0 Å². The van der Waals surface area contributed by atoms with Crippen molar-refractivity contribution in [3.8, 4) is 0 Å². The maximum absolute atomic E-state index is 6.56. The first kappa shape index (κ1) is 16.4. The van der Waals surface area contributed by atoms with Gasteiger partial charge >= 0.3 is 0 Å². The quantitative estimate of drug-likeness (QED) is 0.798. The third kappa shape index (κ3) is 4.11. The van der Waals surface area contributed by atoms with Crippen molar-refractivity contribution in [2.75, 3.05) is 13.2 Å². The highest BCUT2D eigenvalue weighted by molar-refractivity contribution is 6.73. The molecule has 0 aromatic heterocycles. The highest BCUT2D eigenvalue weighted by atomic mass is 28.4. The monoisotopic (exact) mass is 325 g/mol. The van der Waals surface area contributed by atoms with E-state index in [1.54, 1.807) is 0 Å². The van der Waals surface area contributed by atoms with Gasteiger partial charge in [-0.1, -0.05) is 60.7 Å². The van der Waals surface area contributed by atoms with Crippen molar-refractivity contribution in [1.29, 1.82) is 0 Å². The molecule has 1 atom stereocenters. The van der Waals surface area contributed by atoms with Crippen LogP contribution in [0.25, 0.3) is 0 Å². The first-order valence-electron chi connectivity index (χ1n) is 8.64. The van der Waals surface area contributed by atoms with E-state index in [-0.39, 0.29) is 0 Å². The topological polar surface area (TPSA) is 21.3 Å². The van der Waals surface area contributed by atoms with Crippen molar-refractivity contribution in [1.82, 2.24) is 5.32 Å². The summed E-state index contributed by atoms with van der Waals surface area (Å²) >= 11 is 0. The van der Waals surface area contributed by atoms with Crippen LogP contribution in [0.3, 0.4) is 0 Å². The van der Waals surface area contributed by atoms with Crippen LogP contribution in [-0.4, -0.2) is 27.5 Å². The summed E-state index contributed by atoms with van der Waals surface area (Å²) in [6.45, 7) is 6.69. The minimum atomic E-state index is -1.92. The lowest BCUT2D eigenvalue weighted by Crippen LogP contribution is -2.43. The fraction of sp³-hybridized carbons (Fsp3) is 0.400. The van der Waals surface area contributed by atoms with Gasteiger partial charge < -0.3 is 9.74 Å². The minimum absolute atomic E-state index is 0.367. The fourth-order valence-corrected chi connectivity index (χ4v) is 6.37. The molecule has 3 heteroatoms. The van der Waals surface area contributed by atoms with Crippen molar-refractivity contribution >= 4 is 8.32 Å². The van der Waals surface area contributed by atoms with Crippen LogP contribution >= 0.6 is 0 Å². The lowest BCUT2D eigenvalue weighted by Gasteiger charge is -2.34. The van der Waals surface area contributed by atoms with Crippen molar-refractivity contribution in [2.45, 2.75) is 37.5 Å². The molecule has 122 valence electrons. The van der Waals surface area contributed by atoms with Crippen molar-refractivity contribution < 1.29 is 4.43 Å². The standard InChI is InChI=1S/C20H27NOSi/c1-23(2,22-16-19-14-9-15-21-19)20(17-10-5-3-6-11-17)18-12-7-4-8-13-18/h3-8,10-13,19-21H,9,14-16H2,1-2H3. The molecule has 0 radical (unpaired) electrons. The van der Waals surface area contributed by atoms with E-state index in [0.717, 1.165) is 13.2 Å². The molecule has 2 aromatic carbocycles. The summed E-state index contributed by atoms with van der Waals surface area (Å²) in [4.78, 5) is 0. The van der Waals surface area contributed by atoms with Gasteiger partial charge in [0.05, 0.1) is 0 Å². The predicted octanol–water partition coefficient (Wildman–Crippen LogP) is 4.33. The number of rotatable bonds is 6. The van der Waals surface area contributed by atoms with Gasteiger partial charge in [-0.05, 0) is 43.6 Å². The molecule has 0 bridgehead atoms. The van der Waals surface area contributed by atoms with E-state index in [2.05, 4.69) is 79.1 Å². The third-order valence-electron chi connectivity index (χ3n) is 4.78. The molecule has 2 nitrogen and oxygen atoms in total. The first-order valence-corrected chi connectivity index (χ1v) is 11.6. The normalized spacial score (nSPS) is 18.5. The van der Waals surface area contributed by atoms with E-state index in [1.165, 1.54) is 24.0 Å². The van der Waals surface area contributed by atoms with E-state index in [9.17, 15) is 0 Å². The molecule has 1 heterocycles. The zero-order chi connectivity index (χ0) is 16.1. The second kappa shape index (κ2) is 7.43. The Morgan fingerprint density at radius 1 is 1.00 bits per heavy atom. The van der Waals surface area contributed by atoms with Gasteiger partial charge in [0.25, 0.3) is 0 Å². The number of hydrogen-bond acceptors (Lipinski definition) is 2. The van der Waals surface area contributed by atoms with Crippen molar-refractivity contribution in [3.63, 3.8) is 0 Å². The number of benzene rings is 2. The number of hydrogen-bond donors (Lipinski definition) is 1. The van der Waals surface area contributed by atoms with Crippen molar-refractivity contribution in [2.24, 2.45) is 0 Å². The average Bonchev–Trinajstić information content (AvgIpc) is 3.09. The Labute approximate surface area is 141 Å². The molecule has 1 fully saturated rings. The lowest BCUT2D eigenvalue weighted by atomic mass is 10.0. The molecule has 0 saturated carbocycles. The van der Waals surface area contributed by atoms with Gasteiger partial charge in [0, 0.05) is 18.2 Å². The van der Waals surface area contributed by atoms with E-state index >= 15 is 0 Å². The molecule has 0 spiro atoms. The summed E-state index contributed by atoms with van der Waals surface area (Å²) in [6, 6.07) is 22.2. The molecule has 1 N–H and O–H groups in total. The van der Waals surface area contributed by atoms with Gasteiger partial charge in [-0.3, -0.25) is 0 Å². The van der Waals surface area contributed by atoms with E-state index < -0.39 is 8.32 Å². The molecule has 0 aliphatic carbocycles. The van der Waals surface area contributed by atoms with Crippen molar-refractivity contribution in [3.05, 3.63) is 71.8 Å². The minimum Gasteiger partial charge on any atom is -0.415 e. The predicted molar refractivity (Wildman–Crippen MR) is 99.2 cm³/mol. The van der Waals surface area contributed by atoms with Crippen LogP contribution in [0, 0.1) is 0 Å². The molecule has 3 rings (SSSR count). The summed E-state index contributed by atoms with van der Waals surface area (Å²) in [6.07, 6.45) is 2.52. The molecule has 2 aromatic rings. The van der Waals surface area contributed by atoms with Gasteiger partial charge in [-0.25, -0.2) is 0 Å². The molecule has 1 unspecified atom stereocenters. The number of nitrogens with one attached hydrogen (secondary N) is 1. The second-order valence-electron chi connectivity index (χ2n) is 6.96. The maximum Gasteiger partial charge on any atom is 0.198 e. The Hall–Kier alpha value is -1.42. The summed E-state index contributed by atoms with van der Waals surface area (Å²) in [7, 11) is -1.92. The summed E-state index contributed by atoms with van der Waals surface area (Å²) in [5.74, 6) is 0. The molecule has 1 aliphatic heterocycles. The Balaban J connectivity index is 1.84. The Kier molecular flexibility index (Phi) is 5.31. The van der Waals surface area contributed by atoms with Crippen LogP contribution in [-0.2, 0) is 4.43 Å². The molecule has 0 amide bonds. The average molecular weight is 326 g/mol. The largest absolute Gasteiger partial charge is 0.415 e. The smallest absolute Gasteiger partial charge is 0.198 e. The molecule has 1 saturated heterocycles. The van der Waals surface area contributed by atoms with E-state index in [0.29, 0.717) is 11.6 Å². The third-order valence-corrected chi connectivity index (χ3v) is 7.75. The maximum atomic E-state index is 6.56. The van der Waals surface area contributed by atoms with E-state index in [4.69, 9.17) is 4.43 Å². The van der Waals surface area contributed by atoms with Crippen LogP contribution in [0.2, 0.25) is 13.1 Å². The van der Waals surface area contributed by atoms with Crippen LogP contribution in [0.1, 0.15) is 29.5 Å². The molecule has 1 aliphatic rings. The zero-order valence-electron chi connectivity index (χ0n) is 14.2. The van der Waals surface area contributed by atoms with Crippen LogP contribution < -0.4 is 5.32 Å². The van der Waals surface area contributed by atoms with Gasteiger partial charge in [0.15, 0.2) is 8.32 Å². The van der Waals surface area contributed by atoms with E-state index in [1.807, 2.05) is 0 Å².